The highest BCUT2D eigenvalue weighted by Crippen LogP contribution is 2.00. The number of carbonyl (C=O) groups excluding carboxylic acids is 1. The first-order valence-corrected chi connectivity index (χ1v) is 5.33. The van der Waals surface area contributed by atoms with Crippen LogP contribution >= 0.6 is 0 Å². The van der Waals surface area contributed by atoms with E-state index in [1.165, 1.54) is 0 Å². The van der Waals surface area contributed by atoms with Crippen molar-refractivity contribution >= 4 is 24.7 Å². The summed E-state index contributed by atoms with van der Waals surface area (Å²) >= 11 is 0. The molecule has 0 bridgehead atoms. The molecular weight excluding hydrogens is 198 g/mol. The first-order valence-electron chi connectivity index (χ1n) is 5.33. The number of nitrogens with zero attached hydrogens (tertiary/aromatic N) is 1. The fraction of sp³-hybridized carbons (Fsp3) is 0.286. The molecule has 0 saturated carbocycles. The second kappa shape index (κ2) is 5.40. The molecule has 84 valence electrons. The Bertz CT molecular complexity index is 539. The zero-order valence-electron chi connectivity index (χ0n) is 10.2. The number of aryl methyl sites for hydroxylation is 1. The van der Waals surface area contributed by atoms with E-state index in [9.17, 15) is 4.79 Å². The van der Waals surface area contributed by atoms with Crippen LogP contribution in [0.25, 0.3) is 12.2 Å². The van der Waals surface area contributed by atoms with Crippen molar-refractivity contribution in [3.8, 4) is 0 Å². The van der Waals surface area contributed by atoms with Crippen molar-refractivity contribution in [3.05, 3.63) is 33.2 Å². The molecule has 0 heterocycles. The summed E-state index contributed by atoms with van der Waals surface area (Å²) in [5.41, 5.74) is 2.90. The minimum absolute atomic E-state index is 0.737. The third-order valence-corrected chi connectivity index (χ3v) is 2.65. The summed E-state index contributed by atoms with van der Waals surface area (Å²) < 4.78 is 0. The Morgan fingerprint density at radius 3 is 2.25 bits per heavy atom. The molecule has 0 fully saturated rings. The van der Waals surface area contributed by atoms with Gasteiger partial charge in [-0.2, -0.15) is 0 Å². The molecule has 0 aliphatic rings. The van der Waals surface area contributed by atoms with Crippen molar-refractivity contribution in [1.29, 1.82) is 0 Å². The molecule has 1 rings (SSSR count). The highest BCUT2D eigenvalue weighted by molar-refractivity contribution is 5.85. The first-order chi connectivity index (χ1) is 7.69. The molecule has 0 unspecified atom stereocenters. The fourth-order valence-corrected chi connectivity index (χ4v) is 1.93. The van der Waals surface area contributed by atoms with Crippen LogP contribution in [0.15, 0.2) is 11.1 Å². The van der Waals surface area contributed by atoms with Crippen LogP contribution in [0.2, 0.25) is 0 Å². The van der Waals surface area contributed by atoms with Crippen LogP contribution in [-0.2, 0) is 0 Å². The lowest BCUT2D eigenvalue weighted by atomic mass is 10.00. The van der Waals surface area contributed by atoms with Crippen molar-refractivity contribution in [3.63, 3.8) is 0 Å². The number of hydrogen-bond acceptors (Lipinski definition) is 2. The topological polar surface area (TPSA) is 29.4 Å². The van der Waals surface area contributed by atoms with Crippen LogP contribution in [0, 0.1) is 6.92 Å². The van der Waals surface area contributed by atoms with Crippen LogP contribution < -0.4 is 10.4 Å². The monoisotopic (exact) mass is 215 g/mol. The van der Waals surface area contributed by atoms with Gasteiger partial charge in [0.1, 0.15) is 0 Å². The molecule has 0 amide bonds. The zero-order valence-corrected chi connectivity index (χ0v) is 10.2. The number of aldehydes is 1. The summed E-state index contributed by atoms with van der Waals surface area (Å²) in [6.07, 6.45) is 6.73. The predicted molar refractivity (Wildman–Crippen MR) is 69.6 cm³/mol. The van der Waals surface area contributed by atoms with Crippen molar-refractivity contribution in [2.45, 2.75) is 20.8 Å². The van der Waals surface area contributed by atoms with Gasteiger partial charge < -0.3 is 0 Å². The summed E-state index contributed by atoms with van der Waals surface area (Å²) in [6, 6.07) is 1.91. The lowest BCUT2D eigenvalue weighted by Gasteiger charge is -2.05. The van der Waals surface area contributed by atoms with E-state index in [4.69, 9.17) is 0 Å². The molecule has 0 aliphatic heterocycles. The molecule has 0 saturated heterocycles. The van der Waals surface area contributed by atoms with Gasteiger partial charge >= 0.3 is 0 Å². The predicted octanol–water partition coefficient (Wildman–Crippen LogP) is 1.46. The normalized spacial score (nSPS) is 13.8. The molecule has 1 aromatic rings. The average molecular weight is 215 g/mol. The smallest absolute Gasteiger partial charge is 0.150 e. The number of aliphatic imine (C=N–C) groups is 1. The first kappa shape index (κ1) is 12.4. The molecule has 0 N–H and O–H groups in total. The Kier molecular flexibility index (Phi) is 4.18. The van der Waals surface area contributed by atoms with E-state index in [1.807, 2.05) is 45.2 Å². The van der Waals surface area contributed by atoms with Crippen LogP contribution in [0.3, 0.4) is 0 Å². The van der Waals surface area contributed by atoms with Gasteiger partial charge in [0.05, 0.1) is 0 Å². The van der Waals surface area contributed by atoms with Crippen molar-refractivity contribution in [2.24, 2.45) is 4.99 Å². The summed E-state index contributed by atoms with van der Waals surface area (Å²) in [4.78, 5) is 15.1. The molecule has 1 aromatic carbocycles. The Hall–Kier alpha value is -1.70. The highest BCUT2D eigenvalue weighted by atomic mass is 16.1. The zero-order chi connectivity index (χ0) is 12.1. The minimum atomic E-state index is 0.737. The number of rotatable bonds is 2. The van der Waals surface area contributed by atoms with Gasteiger partial charge in [-0.25, -0.2) is 0 Å². The van der Waals surface area contributed by atoms with Gasteiger partial charge in [0.2, 0.25) is 0 Å². The van der Waals surface area contributed by atoms with E-state index >= 15 is 0 Å². The molecule has 16 heavy (non-hydrogen) atoms. The molecule has 2 heteroatoms. The molecule has 0 aliphatic carbocycles. The third kappa shape index (κ3) is 2.11. The van der Waals surface area contributed by atoms with Crippen LogP contribution in [0.4, 0.5) is 0 Å². The van der Waals surface area contributed by atoms with Crippen LogP contribution in [0.5, 0.6) is 0 Å². The van der Waals surface area contributed by atoms with Gasteiger partial charge in [0.25, 0.3) is 0 Å². The third-order valence-electron chi connectivity index (χ3n) is 2.65. The molecule has 0 atom stereocenters. The van der Waals surface area contributed by atoms with Crippen molar-refractivity contribution in [1.82, 2.24) is 0 Å². The maximum atomic E-state index is 11.0. The maximum absolute atomic E-state index is 11.0. The highest BCUT2D eigenvalue weighted by Gasteiger charge is 2.03. The van der Waals surface area contributed by atoms with Gasteiger partial charge in [0, 0.05) is 24.4 Å². The van der Waals surface area contributed by atoms with E-state index in [1.54, 1.807) is 7.05 Å². The Labute approximate surface area is 96.0 Å². The number of hydrogen-bond donors (Lipinski definition) is 0. The Balaban J connectivity index is 3.89. The summed E-state index contributed by atoms with van der Waals surface area (Å²) in [7, 11) is 1.75. The summed E-state index contributed by atoms with van der Waals surface area (Å²) in [5.74, 6) is 0. The number of benzene rings is 1. The lowest BCUT2D eigenvalue weighted by Crippen LogP contribution is -2.32. The van der Waals surface area contributed by atoms with E-state index in [2.05, 4.69) is 4.99 Å². The van der Waals surface area contributed by atoms with E-state index in [0.29, 0.717) is 0 Å². The molecular formula is C14H17NO. The van der Waals surface area contributed by atoms with E-state index in [-0.39, 0.29) is 0 Å². The number of carbonyl (C=O) groups is 1. The molecule has 0 spiro atoms. The van der Waals surface area contributed by atoms with Gasteiger partial charge in [-0.1, -0.05) is 12.2 Å². The van der Waals surface area contributed by atoms with Crippen LogP contribution in [-0.4, -0.2) is 19.5 Å². The average Bonchev–Trinajstić information content (AvgIpc) is 2.30. The quantitative estimate of drug-likeness (QED) is 0.542. The Morgan fingerprint density at radius 2 is 1.81 bits per heavy atom. The van der Waals surface area contributed by atoms with Gasteiger partial charge in [-0.05, 0) is 42.8 Å². The Morgan fingerprint density at radius 1 is 1.19 bits per heavy atom. The van der Waals surface area contributed by atoms with Crippen LogP contribution in [0.1, 0.15) is 35.3 Å². The summed E-state index contributed by atoms with van der Waals surface area (Å²) in [6.45, 7) is 5.91. The molecule has 2 nitrogen and oxygen atoms in total. The van der Waals surface area contributed by atoms with E-state index < -0.39 is 0 Å². The fourth-order valence-electron chi connectivity index (χ4n) is 1.93. The van der Waals surface area contributed by atoms with Gasteiger partial charge in [-0.15, -0.1) is 0 Å². The van der Waals surface area contributed by atoms with E-state index in [0.717, 1.165) is 33.4 Å². The van der Waals surface area contributed by atoms with Gasteiger partial charge in [-0.3, -0.25) is 9.79 Å². The lowest BCUT2D eigenvalue weighted by molar-refractivity contribution is 0.112. The van der Waals surface area contributed by atoms with Gasteiger partial charge in [0.15, 0.2) is 6.29 Å². The largest absolute Gasteiger partial charge is 0.298 e. The summed E-state index contributed by atoms with van der Waals surface area (Å²) in [5, 5.41) is 2.06. The standard InChI is InChI=1S/C14H17NO/c1-5-12-11(9-16)7-10(3)14(8-15-4)13(12)6-2/h5-9H,1-4H3/b12-5-,13-6+,15-8?. The molecule has 0 aromatic heterocycles. The second-order valence-electron chi connectivity index (χ2n) is 3.61. The molecule has 0 radical (unpaired) electrons. The maximum Gasteiger partial charge on any atom is 0.150 e. The minimum Gasteiger partial charge on any atom is -0.298 e. The van der Waals surface area contributed by atoms with Crippen molar-refractivity contribution in [2.75, 3.05) is 7.05 Å². The SMILES string of the molecule is C/C=c1/c(C=O)cc(C)c(C=NC)/c1=C/C. The second-order valence-corrected chi connectivity index (χ2v) is 3.61. The van der Waals surface area contributed by atoms with Crippen molar-refractivity contribution < 1.29 is 4.79 Å².